The topological polar surface area (TPSA) is 58.1 Å². The summed E-state index contributed by atoms with van der Waals surface area (Å²) in [6, 6.07) is 11.4. The van der Waals surface area contributed by atoms with Gasteiger partial charge in [0.15, 0.2) is 5.13 Å². The van der Waals surface area contributed by atoms with Crippen molar-refractivity contribution in [2.45, 2.75) is 6.54 Å². The van der Waals surface area contributed by atoms with Crippen LogP contribution in [0, 0.1) is 0 Å². The Hall–Kier alpha value is -2.25. The van der Waals surface area contributed by atoms with Crippen LogP contribution in [-0.4, -0.2) is 27.9 Å². The number of benzene rings is 1. The van der Waals surface area contributed by atoms with Crippen molar-refractivity contribution in [3.05, 3.63) is 64.2 Å². The lowest BCUT2D eigenvalue weighted by Crippen LogP contribution is -2.30. The maximum absolute atomic E-state index is 12.3. The lowest BCUT2D eigenvalue weighted by atomic mass is 10.2. The van der Waals surface area contributed by atoms with E-state index in [4.69, 9.17) is 0 Å². The van der Waals surface area contributed by atoms with Gasteiger partial charge in [-0.1, -0.05) is 34.1 Å². The van der Waals surface area contributed by atoms with Crippen molar-refractivity contribution >= 4 is 38.4 Å². The molecule has 0 spiro atoms. The maximum Gasteiger partial charge on any atom is 0.323 e. The van der Waals surface area contributed by atoms with Gasteiger partial charge < -0.3 is 4.90 Å². The number of urea groups is 1. The summed E-state index contributed by atoms with van der Waals surface area (Å²) in [4.78, 5) is 22.5. The predicted molar refractivity (Wildman–Crippen MR) is 100.0 cm³/mol. The third-order valence-corrected chi connectivity index (χ3v) is 4.92. The van der Waals surface area contributed by atoms with Crippen LogP contribution < -0.4 is 5.32 Å². The van der Waals surface area contributed by atoms with Crippen molar-refractivity contribution in [3.63, 3.8) is 0 Å². The molecule has 0 bridgehead atoms. The zero-order chi connectivity index (χ0) is 16.9. The molecule has 2 aromatic heterocycles. The summed E-state index contributed by atoms with van der Waals surface area (Å²) in [7, 11) is 1.75. The molecule has 0 saturated heterocycles. The number of thiazole rings is 1. The first-order valence-electron chi connectivity index (χ1n) is 7.25. The minimum Gasteiger partial charge on any atom is -0.323 e. The summed E-state index contributed by atoms with van der Waals surface area (Å²) in [5.41, 5.74) is 2.78. The maximum atomic E-state index is 12.3. The van der Waals surface area contributed by atoms with Crippen LogP contribution in [0.2, 0.25) is 0 Å². The van der Waals surface area contributed by atoms with Crippen molar-refractivity contribution < 1.29 is 4.79 Å². The SMILES string of the molecule is CN(Cc1ccccc1Br)C(=O)Nc1nc(-c2cccnc2)cs1. The van der Waals surface area contributed by atoms with Gasteiger partial charge in [0.25, 0.3) is 0 Å². The molecule has 5 nitrogen and oxygen atoms in total. The van der Waals surface area contributed by atoms with Gasteiger partial charge in [-0.25, -0.2) is 9.78 Å². The molecule has 0 atom stereocenters. The van der Waals surface area contributed by atoms with Crippen LogP contribution in [0.25, 0.3) is 11.3 Å². The van der Waals surface area contributed by atoms with Crippen LogP contribution >= 0.6 is 27.3 Å². The van der Waals surface area contributed by atoms with E-state index in [1.54, 1.807) is 24.3 Å². The number of aromatic nitrogens is 2. The van der Waals surface area contributed by atoms with Crippen LogP contribution in [0.1, 0.15) is 5.56 Å². The van der Waals surface area contributed by atoms with E-state index in [-0.39, 0.29) is 6.03 Å². The molecule has 24 heavy (non-hydrogen) atoms. The second kappa shape index (κ2) is 7.55. The zero-order valence-corrected chi connectivity index (χ0v) is 15.3. The molecule has 122 valence electrons. The molecule has 7 heteroatoms. The Morgan fingerprint density at radius 1 is 1.29 bits per heavy atom. The number of anilines is 1. The van der Waals surface area contributed by atoms with Crippen molar-refractivity contribution in [2.24, 2.45) is 0 Å². The highest BCUT2D eigenvalue weighted by Crippen LogP contribution is 2.24. The predicted octanol–water partition coefficient (Wildman–Crippen LogP) is 4.63. The fourth-order valence-electron chi connectivity index (χ4n) is 2.12. The molecular weight excluding hydrogens is 388 g/mol. The molecule has 0 saturated carbocycles. The van der Waals surface area contributed by atoms with E-state index in [0.29, 0.717) is 11.7 Å². The molecule has 3 rings (SSSR count). The molecule has 1 aromatic carbocycles. The molecule has 0 fully saturated rings. The number of nitrogens with zero attached hydrogens (tertiary/aromatic N) is 3. The lowest BCUT2D eigenvalue weighted by molar-refractivity contribution is 0.220. The van der Waals surface area contributed by atoms with Gasteiger partial charge in [-0.2, -0.15) is 0 Å². The molecule has 0 unspecified atom stereocenters. The molecule has 3 aromatic rings. The fourth-order valence-corrected chi connectivity index (χ4v) is 3.24. The molecule has 2 heterocycles. The van der Waals surface area contributed by atoms with Gasteiger partial charge >= 0.3 is 6.03 Å². The Bertz CT molecular complexity index is 837. The molecule has 1 N–H and O–H groups in total. The summed E-state index contributed by atoms with van der Waals surface area (Å²) in [5.74, 6) is 0. The van der Waals surface area contributed by atoms with E-state index < -0.39 is 0 Å². The Kier molecular flexibility index (Phi) is 5.22. The number of halogens is 1. The summed E-state index contributed by atoms with van der Waals surface area (Å²) < 4.78 is 0.984. The summed E-state index contributed by atoms with van der Waals surface area (Å²) in [5, 5.41) is 5.30. The van der Waals surface area contributed by atoms with Gasteiger partial charge in [-0.3, -0.25) is 10.3 Å². The van der Waals surface area contributed by atoms with Crippen LogP contribution in [0.5, 0.6) is 0 Å². The van der Waals surface area contributed by atoms with Crippen LogP contribution in [-0.2, 0) is 6.54 Å². The number of amides is 2. The largest absolute Gasteiger partial charge is 0.323 e. The van der Waals surface area contributed by atoms with Gasteiger partial charge in [0.05, 0.1) is 5.69 Å². The summed E-state index contributed by atoms with van der Waals surface area (Å²) >= 11 is 4.89. The number of pyridine rings is 1. The standard InChI is InChI=1S/C17H15BrN4OS/c1-22(10-13-5-2-3-7-14(13)18)17(23)21-16-20-15(11-24-16)12-6-4-8-19-9-12/h2-9,11H,10H2,1H3,(H,20,21,23). The minimum absolute atomic E-state index is 0.196. The fraction of sp³-hybridized carbons (Fsp3) is 0.118. The molecule has 0 radical (unpaired) electrons. The number of carbonyl (C=O) groups excluding carboxylic acids is 1. The van der Waals surface area contributed by atoms with Gasteiger partial charge in [0, 0.05) is 41.4 Å². The second-order valence-corrected chi connectivity index (χ2v) is 6.87. The summed E-state index contributed by atoms with van der Waals surface area (Å²) in [6.45, 7) is 0.508. The Morgan fingerprint density at radius 2 is 2.12 bits per heavy atom. The number of nitrogens with one attached hydrogen (secondary N) is 1. The quantitative estimate of drug-likeness (QED) is 0.691. The third kappa shape index (κ3) is 3.98. The van der Waals surface area contributed by atoms with Gasteiger partial charge in [0.2, 0.25) is 0 Å². The number of carbonyl (C=O) groups is 1. The van der Waals surface area contributed by atoms with Gasteiger partial charge in [-0.05, 0) is 23.8 Å². The van der Waals surface area contributed by atoms with Gasteiger partial charge in [0.1, 0.15) is 0 Å². The highest BCUT2D eigenvalue weighted by atomic mass is 79.9. The first-order chi connectivity index (χ1) is 11.6. The zero-order valence-electron chi connectivity index (χ0n) is 12.9. The highest BCUT2D eigenvalue weighted by Gasteiger charge is 2.13. The van der Waals surface area contributed by atoms with Crippen LogP contribution in [0.4, 0.5) is 9.93 Å². The monoisotopic (exact) mass is 402 g/mol. The van der Waals surface area contributed by atoms with Gasteiger partial charge in [-0.15, -0.1) is 11.3 Å². The van der Waals surface area contributed by atoms with Crippen LogP contribution in [0.3, 0.4) is 0 Å². The Balaban J connectivity index is 1.65. The number of hydrogen-bond donors (Lipinski definition) is 1. The van der Waals surface area contributed by atoms with Crippen molar-refractivity contribution in [1.82, 2.24) is 14.9 Å². The normalized spacial score (nSPS) is 10.4. The second-order valence-electron chi connectivity index (χ2n) is 5.16. The average Bonchev–Trinajstić information content (AvgIpc) is 3.06. The molecule has 0 aliphatic carbocycles. The number of hydrogen-bond acceptors (Lipinski definition) is 4. The summed E-state index contributed by atoms with van der Waals surface area (Å²) in [6.07, 6.45) is 3.47. The molecule has 0 aliphatic heterocycles. The highest BCUT2D eigenvalue weighted by molar-refractivity contribution is 9.10. The minimum atomic E-state index is -0.196. The first kappa shape index (κ1) is 16.6. The Labute approximate surface area is 152 Å². The average molecular weight is 403 g/mol. The van der Waals surface area contributed by atoms with Crippen molar-refractivity contribution in [2.75, 3.05) is 12.4 Å². The van der Waals surface area contributed by atoms with E-state index in [1.165, 1.54) is 11.3 Å². The molecule has 2 amide bonds. The van der Waals surface area contributed by atoms with E-state index >= 15 is 0 Å². The van der Waals surface area contributed by atoms with Crippen molar-refractivity contribution in [3.8, 4) is 11.3 Å². The van der Waals surface area contributed by atoms with Crippen LogP contribution in [0.15, 0.2) is 58.6 Å². The van der Waals surface area contributed by atoms with E-state index in [2.05, 4.69) is 31.2 Å². The van der Waals surface area contributed by atoms with E-state index in [1.807, 2.05) is 41.8 Å². The van der Waals surface area contributed by atoms with Crippen molar-refractivity contribution in [1.29, 1.82) is 0 Å². The molecular formula is C17H15BrN4OS. The molecule has 0 aliphatic rings. The lowest BCUT2D eigenvalue weighted by Gasteiger charge is -2.17. The van der Waals surface area contributed by atoms with E-state index in [0.717, 1.165) is 21.3 Å². The van der Waals surface area contributed by atoms with E-state index in [9.17, 15) is 4.79 Å². The Morgan fingerprint density at radius 3 is 2.88 bits per heavy atom. The first-order valence-corrected chi connectivity index (χ1v) is 8.92. The smallest absolute Gasteiger partial charge is 0.323 e. The number of rotatable bonds is 4. The third-order valence-electron chi connectivity index (χ3n) is 3.39.